The summed E-state index contributed by atoms with van der Waals surface area (Å²) in [6.07, 6.45) is 7.20. The Hall–Kier alpha value is -3.01. The lowest BCUT2D eigenvalue weighted by Crippen LogP contribution is -2.43. The molecule has 0 spiro atoms. The lowest BCUT2D eigenvalue weighted by Gasteiger charge is -2.31. The van der Waals surface area contributed by atoms with Crippen LogP contribution in [0.15, 0.2) is 42.6 Å². The van der Waals surface area contributed by atoms with E-state index in [9.17, 15) is 10.1 Å². The van der Waals surface area contributed by atoms with E-state index in [1.165, 1.54) is 23.1 Å². The summed E-state index contributed by atoms with van der Waals surface area (Å²) < 4.78 is 0. The number of rotatable bonds is 7. The van der Waals surface area contributed by atoms with Crippen LogP contribution in [-0.4, -0.2) is 35.4 Å². The number of nitrogens with one attached hydrogen (secondary N) is 1. The SMILES string of the molecule is CC(C)Cc1ccc(-c2ncc(-c3cccc4c3CC[C@@H]4NCC(=O)N3CCCC(C)C3)s2)cc1C#N. The van der Waals surface area contributed by atoms with Crippen molar-refractivity contribution in [3.63, 3.8) is 0 Å². The van der Waals surface area contributed by atoms with Gasteiger partial charge in [-0.05, 0) is 72.3 Å². The molecule has 0 radical (unpaired) electrons. The molecule has 37 heavy (non-hydrogen) atoms. The Kier molecular flexibility index (Phi) is 7.73. The molecular weight excluding hydrogens is 476 g/mol. The van der Waals surface area contributed by atoms with Gasteiger partial charge in [0, 0.05) is 30.9 Å². The number of piperidine rings is 1. The van der Waals surface area contributed by atoms with E-state index in [1.807, 2.05) is 17.2 Å². The molecule has 1 saturated heterocycles. The summed E-state index contributed by atoms with van der Waals surface area (Å²) in [7, 11) is 0. The highest BCUT2D eigenvalue weighted by Crippen LogP contribution is 2.41. The fraction of sp³-hybridized carbons (Fsp3) is 0.452. The Balaban J connectivity index is 1.31. The van der Waals surface area contributed by atoms with Crippen molar-refractivity contribution in [3.05, 3.63) is 64.8 Å². The van der Waals surface area contributed by atoms with Crippen LogP contribution in [0.5, 0.6) is 0 Å². The van der Waals surface area contributed by atoms with Crippen molar-refractivity contribution in [2.45, 2.75) is 58.9 Å². The van der Waals surface area contributed by atoms with Gasteiger partial charge in [0.25, 0.3) is 0 Å². The van der Waals surface area contributed by atoms with Crippen molar-refractivity contribution in [2.24, 2.45) is 11.8 Å². The van der Waals surface area contributed by atoms with Crippen molar-refractivity contribution in [1.82, 2.24) is 15.2 Å². The van der Waals surface area contributed by atoms with Gasteiger partial charge in [0.2, 0.25) is 5.91 Å². The van der Waals surface area contributed by atoms with E-state index in [1.54, 1.807) is 11.3 Å². The highest BCUT2D eigenvalue weighted by atomic mass is 32.1. The van der Waals surface area contributed by atoms with Crippen LogP contribution in [0.1, 0.15) is 68.3 Å². The van der Waals surface area contributed by atoms with E-state index >= 15 is 0 Å². The van der Waals surface area contributed by atoms with Gasteiger partial charge in [-0.25, -0.2) is 4.98 Å². The number of carbonyl (C=O) groups is 1. The quantitative estimate of drug-likeness (QED) is 0.399. The zero-order valence-corrected chi connectivity index (χ0v) is 22.9. The maximum Gasteiger partial charge on any atom is 0.236 e. The first-order valence-electron chi connectivity index (χ1n) is 13.6. The van der Waals surface area contributed by atoms with Gasteiger partial charge in [-0.15, -0.1) is 11.3 Å². The van der Waals surface area contributed by atoms with E-state index in [-0.39, 0.29) is 11.9 Å². The highest BCUT2D eigenvalue weighted by Gasteiger charge is 2.27. The third-order valence-electron chi connectivity index (χ3n) is 7.66. The fourth-order valence-electron chi connectivity index (χ4n) is 5.80. The third-order valence-corrected chi connectivity index (χ3v) is 8.74. The number of nitriles is 1. The second kappa shape index (κ2) is 11.2. The number of amides is 1. The molecule has 3 aromatic rings. The third kappa shape index (κ3) is 5.63. The average Bonchev–Trinajstić information content (AvgIpc) is 3.55. The second-order valence-corrected chi connectivity index (χ2v) is 12.1. The summed E-state index contributed by atoms with van der Waals surface area (Å²) in [6.45, 7) is 8.76. The Bertz CT molecular complexity index is 1320. The van der Waals surface area contributed by atoms with Crippen molar-refractivity contribution in [1.29, 1.82) is 5.26 Å². The van der Waals surface area contributed by atoms with Gasteiger partial charge in [0.15, 0.2) is 0 Å². The molecule has 1 aromatic heterocycles. The Morgan fingerprint density at radius 1 is 1.27 bits per heavy atom. The molecule has 2 atom stereocenters. The fourth-order valence-corrected chi connectivity index (χ4v) is 6.76. The molecule has 192 valence electrons. The number of fused-ring (bicyclic) bond motifs is 1. The molecular formula is C31H36N4OS. The minimum atomic E-state index is 0.209. The molecule has 2 heterocycles. The first kappa shape index (κ1) is 25.6. The van der Waals surface area contributed by atoms with Crippen LogP contribution in [0.25, 0.3) is 21.0 Å². The number of hydrogen-bond donors (Lipinski definition) is 1. The Morgan fingerprint density at radius 2 is 2.14 bits per heavy atom. The predicted octanol–water partition coefficient (Wildman–Crippen LogP) is 6.38. The first-order chi connectivity index (χ1) is 17.9. The monoisotopic (exact) mass is 512 g/mol. The molecule has 1 amide bonds. The number of thiazole rings is 1. The van der Waals surface area contributed by atoms with Gasteiger partial charge in [-0.1, -0.05) is 51.1 Å². The van der Waals surface area contributed by atoms with Crippen molar-refractivity contribution in [3.8, 4) is 27.1 Å². The summed E-state index contributed by atoms with van der Waals surface area (Å²) in [5, 5.41) is 14.2. The standard InChI is InChI=1S/C31H36N4OS/c1-20(2)14-22-9-10-23(15-24(22)16-32)31-34-17-29(37-31)27-8-4-7-26-25(27)11-12-28(26)33-18-30(36)35-13-5-6-21(3)19-35/h4,7-10,15,17,20-21,28,33H,5-6,11-14,18-19H2,1-3H3/t21?,28-/m0/s1. The highest BCUT2D eigenvalue weighted by molar-refractivity contribution is 7.18. The summed E-state index contributed by atoms with van der Waals surface area (Å²) in [5.41, 5.74) is 6.74. The van der Waals surface area contributed by atoms with Crippen LogP contribution in [-0.2, 0) is 17.6 Å². The number of aromatic nitrogens is 1. The number of hydrogen-bond acceptors (Lipinski definition) is 5. The van der Waals surface area contributed by atoms with Gasteiger partial charge in [-0.2, -0.15) is 5.26 Å². The molecule has 5 rings (SSSR count). The number of benzene rings is 2. The van der Waals surface area contributed by atoms with Crippen LogP contribution in [0.3, 0.4) is 0 Å². The van der Waals surface area contributed by atoms with E-state index < -0.39 is 0 Å². The molecule has 0 bridgehead atoms. The minimum absolute atomic E-state index is 0.209. The number of carbonyl (C=O) groups excluding carboxylic acids is 1. The zero-order chi connectivity index (χ0) is 25.9. The van der Waals surface area contributed by atoms with Crippen LogP contribution in [0.2, 0.25) is 0 Å². The molecule has 5 nitrogen and oxygen atoms in total. The second-order valence-electron chi connectivity index (χ2n) is 11.0. The van der Waals surface area contributed by atoms with Gasteiger partial charge >= 0.3 is 0 Å². The molecule has 2 aliphatic rings. The van der Waals surface area contributed by atoms with E-state index in [4.69, 9.17) is 4.98 Å². The van der Waals surface area contributed by atoms with Gasteiger partial charge in [0.1, 0.15) is 5.01 Å². The predicted molar refractivity (Wildman–Crippen MR) is 150 cm³/mol. The average molecular weight is 513 g/mol. The maximum atomic E-state index is 12.8. The van der Waals surface area contributed by atoms with Gasteiger partial charge in [-0.3, -0.25) is 4.79 Å². The van der Waals surface area contributed by atoms with Crippen LogP contribution >= 0.6 is 11.3 Å². The van der Waals surface area contributed by atoms with E-state index in [0.717, 1.165) is 65.3 Å². The number of nitrogens with zero attached hydrogens (tertiary/aromatic N) is 3. The largest absolute Gasteiger partial charge is 0.341 e. The summed E-state index contributed by atoms with van der Waals surface area (Å²) in [6, 6.07) is 15.2. The van der Waals surface area contributed by atoms with Crippen molar-refractivity contribution in [2.75, 3.05) is 19.6 Å². The molecule has 0 saturated carbocycles. The molecule has 1 fully saturated rings. The topological polar surface area (TPSA) is 69.0 Å². The van der Waals surface area contributed by atoms with E-state index in [0.29, 0.717) is 18.4 Å². The zero-order valence-electron chi connectivity index (χ0n) is 22.1. The van der Waals surface area contributed by atoms with Crippen LogP contribution < -0.4 is 5.32 Å². The lowest BCUT2D eigenvalue weighted by atomic mass is 9.97. The lowest BCUT2D eigenvalue weighted by molar-refractivity contribution is -0.132. The molecule has 1 unspecified atom stereocenters. The Labute approximate surface area is 224 Å². The van der Waals surface area contributed by atoms with E-state index in [2.05, 4.69) is 62.5 Å². The summed E-state index contributed by atoms with van der Waals surface area (Å²) in [4.78, 5) is 20.7. The normalized spacial score (nSPS) is 19.2. The number of likely N-dealkylation sites (tertiary alicyclic amines) is 1. The van der Waals surface area contributed by atoms with Gasteiger partial charge < -0.3 is 10.2 Å². The first-order valence-corrected chi connectivity index (χ1v) is 14.4. The maximum absolute atomic E-state index is 12.8. The molecule has 1 aliphatic carbocycles. The van der Waals surface area contributed by atoms with Crippen LogP contribution in [0.4, 0.5) is 0 Å². The van der Waals surface area contributed by atoms with Crippen LogP contribution in [0, 0.1) is 23.2 Å². The van der Waals surface area contributed by atoms with Crippen molar-refractivity contribution >= 4 is 17.2 Å². The molecule has 1 aliphatic heterocycles. The Morgan fingerprint density at radius 3 is 2.92 bits per heavy atom. The van der Waals surface area contributed by atoms with Crippen molar-refractivity contribution < 1.29 is 4.79 Å². The summed E-state index contributed by atoms with van der Waals surface area (Å²) >= 11 is 1.68. The molecule has 6 heteroatoms. The molecule has 2 aromatic carbocycles. The molecule has 1 N–H and O–H groups in total. The smallest absolute Gasteiger partial charge is 0.236 e. The summed E-state index contributed by atoms with van der Waals surface area (Å²) in [5.74, 6) is 1.33. The minimum Gasteiger partial charge on any atom is -0.341 e. The van der Waals surface area contributed by atoms with Gasteiger partial charge in [0.05, 0.1) is 23.1 Å².